The van der Waals surface area contributed by atoms with Crippen LogP contribution in [0.5, 0.6) is 0 Å². The average Bonchev–Trinajstić information content (AvgIpc) is 2.73. The minimum atomic E-state index is -0.585. The van der Waals surface area contributed by atoms with Crippen molar-refractivity contribution in [2.45, 2.75) is 10.1 Å². The van der Waals surface area contributed by atoms with Gasteiger partial charge in [-0.3, -0.25) is 9.59 Å². The highest BCUT2D eigenvalue weighted by molar-refractivity contribution is 8.00. The molecule has 0 spiro atoms. The fourth-order valence-corrected chi connectivity index (χ4v) is 3.60. The summed E-state index contributed by atoms with van der Waals surface area (Å²) in [6, 6.07) is 22.1. The Balaban J connectivity index is 1.66. The van der Waals surface area contributed by atoms with Crippen LogP contribution in [-0.4, -0.2) is 23.5 Å². The van der Waals surface area contributed by atoms with E-state index in [-0.39, 0.29) is 5.15 Å². The van der Waals surface area contributed by atoms with Crippen molar-refractivity contribution in [3.05, 3.63) is 89.7 Å². The largest absolute Gasteiger partial charge is 0.454 e. The zero-order valence-electron chi connectivity index (χ0n) is 14.7. The number of hydrogen-bond donors (Lipinski definition) is 1. The van der Waals surface area contributed by atoms with Gasteiger partial charge in [-0.1, -0.05) is 60.1 Å². The Morgan fingerprint density at radius 2 is 1.68 bits per heavy atom. The van der Waals surface area contributed by atoms with E-state index in [0.29, 0.717) is 5.69 Å². The fraction of sp³-hybridized carbons (Fsp3) is 0.0952. The molecule has 0 aliphatic rings. The molecule has 5 nitrogen and oxygen atoms in total. The lowest BCUT2D eigenvalue weighted by molar-refractivity contribution is -0.146. The van der Waals surface area contributed by atoms with Crippen molar-refractivity contribution in [2.24, 2.45) is 0 Å². The van der Waals surface area contributed by atoms with Crippen LogP contribution < -0.4 is 5.32 Å². The summed E-state index contributed by atoms with van der Waals surface area (Å²) >= 11 is 7.29. The highest BCUT2D eigenvalue weighted by atomic mass is 35.5. The predicted molar refractivity (Wildman–Crippen MR) is 110 cm³/mol. The number of esters is 1. The number of pyridine rings is 1. The zero-order chi connectivity index (χ0) is 19.8. The van der Waals surface area contributed by atoms with Crippen LogP contribution in [0.25, 0.3) is 0 Å². The SMILES string of the molecule is O=C(COC(=O)[C@H](Sc1ccccc1)c1ccccc1)Nc1cccnc1Cl. The molecule has 142 valence electrons. The van der Waals surface area contributed by atoms with Crippen LogP contribution in [0.15, 0.2) is 83.9 Å². The number of nitrogens with zero attached hydrogens (tertiary/aromatic N) is 1. The number of ether oxygens (including phenoxy) is 1. The summed E-state index contributed by atoms with van der Waals surface area (Å²) in [7, 11) is 0. The van der Waals surface area contributed by atoms with E-state index in [1.807, 2.05) is 60.7 Å². The summed E-state index contributed by atoms with van der Waals surface area (Å²) in [6.07, 6.45) is 1.52. The summed E-state index contributed by atoms with van der Waals surface area (Å²) in [5.74, 6) is -0.979. The van der Waals surface area contributed by atoms with Crippen molar-refractivity contribution in [3.63, 3.8) is 0 Å². The van der Waals surface area contributed by atoms with Gasteiger partial charge in [0, 0.05) is 11.1 Å². The monoisotopic (exact) mass is 412 g/mol. The molecule has 0 unspecified atom stereocenters. The third kappa shape index (κ3) is 5.58. The molecule has 0 fully saturated rings. The van der Waals surface area contributed by atoms with Crippen LogP contribution in [0.2, 0.25) is 5.15 Å². The molecular formula is C21H17ClN2O3S. The third-order valence-corrected chi connectivity index (χ3v) is 5.24. The molecule has 0 saturated heterocycles. The number of hydrogen-bond acceptors (Lipinski definition) is 5. The van der Waals surface area contributed by atoms with Crippen molar-refractivity contribution < 1.29 is 14.3 Å². The minimum Gasteiger partial charge on any atom is -0.454 e. The lowest BCUT2D eigenvalue weighted by atomic mass is 10.1. The second-order valence-corrected chi connectivity index (χ2v) is 7.26. The van der Waals surface area contributed by atoms with Gasteiger partial charge in [0.15, 0.2) is 11.8 Å². The quantitative estimate of drug-likeness (QED) is 0.344. The van der Waals surface area contributed by atoms with Crippen LogP contribution in [0.1, 0.15) is 10.8 Å². The van der Waals surface area contributed by atoms with Crippen molar-refractivity contribution >= 4 is 40.9 Å². The number of carbonyl (C=O) groups is 2. The Morgan fingerprint density at radius 1 is 1.00 bits per heavy atom. The molecule has 1 N–H and O–H groups in total. The van der Waals surface area contributed by atoms with E-state index in [1.54, 1.807) is 12.1 Å². The first kappa shape index (κ1) is 19.9. The highest BCUT2D eigenvalue weighted by Crippen LogP contribution is 2.36. The summed E-state index contributed by atoms with van der Waals surface area (Å²) in [5, 5.41) is 2.16. The summed E-state index contributed by atoms with van der Waals surface area (Å²) in [4.78, 5) is 29.6. The summed E-state index contributed by atoms with van der Waals surface area (Å²) < 4.78 is 5.27. The van der Waals surface area contributed by atoms with Gasteiger partial charge in [0.05, 0.1) is 5.69 Å². The predicted octanol–water partition coefficient (Wildman–Crippen LogP) is 4.75. The van der Waals surface area contributed by atoms with Crippen molar-refractivity contribution in [1.82, 2.24) is 4.98 Å². The second-order valence-electron chi connectivity index (χ2n) is 5.72. The number of aromatic nitrogens is 1. The van der Waals surface area contributed by atoms with E-state index in [0.717, 1.165) is 10.5 Å². The smallest absolute Gasteiger partial charge is 0.324 e. The van der Waals surface area contributed by atoms with Crippen LogP contribution in [-0.2, 0) is 14.3 Å². The Labute approximate surface area is 172 Å². The number of halogens is 1. The molecule has 3 rings (SSSR count). The zero-order valence-corrected chi connectivity index (χ0v) is 16.3. The lowest BCUT2D eigenvalue weighted by Crippen LogP contribution is -2.23. The molecule has 0 radical (unpaired) electrons. The molecule has 0 aliphatic heterocycles. The van der Waals surface area contributed by atoms with Crippen molar-refractivity contribution in [3.8, 4) is 0 Å². The normalized spacial score (nSPS) is 11.5. The molecule has 2 aromatic carbocycles. The molecule has 1 aromatic heterocycles. The number of amides is 1. The first-order valence-electron chi connectivity index (χ1n) is 8.47. The number of rotatable bonds is 7. The lowest BCUT2D eigenvalue weighted by Gasteiger charge is -2.16. The fourth-order valence-electron chi connectivity index (χ4n) is 2.39. The third-order valence-electron chi connectivity index (χ3n) is 3.69. The molecule has 1 amide bonds. The maximum absolute atomic E-state index is 12.7. The molecule has 0 saturated carbocycles. The Morgan fingerprint density at radius 3 is 2.36 bits per heavy atom. The molecule has 7 heteroatoms. The Bertz CT molecular complexity index is 939. The minimum absolute atomic E-state index is 0.170. The van der Waals surface area contributed by atoms with Crippen LogP contribution in [0.3, 0.4) is 0 Å². The number of thioether (sulfide) groups is 1. The van der Waals surface area contributed by atoms with Crippen LogP contribution in [0.4, 0.5) is 5.69 Å². The van der Waals surface area contributed by atoms with E-state index in [4.69, 9.17) is 16.3 Å². The standard InChI is InChI=1S/C21H17ClN2O3S/c22-20-17(12-7-13-23-20)24-18(25)14-27-21(26)19(15-8-3-1-4-9-15)28-16-10-5-2-6-11-16/h1-13,19H,14H2,(H,24,25)/t19-/m1/s1. The van der Waals surface area contributed by atoms with E-state index in [1.165, 1.54) is 18.0 Å². The number of carbonyl (C=O) groups excluding carboxylic acids is 2. The van der Waals surface area contributed by atoms with Gasteiger partial charge in [0.2, 0.25) is 0 Å². The van der Waals surface area contributed by atoms with E-state index in [9.17, 15) is 9.59 Å². The molecule has 3 aromatic rings. The Hall–Kier alpha value is -2.83. The van der Waals surface area contributed by atoms with Gasteiger partial charge in [-0.2, -0.15) is 0 Å². The molecular weight excluding hydrogens is 396 g/mol. The van der Waals surface area contributed by atoms with Crippen molar-refractivity contribution in [2.75, 3.05) is 11.9 Å². The maximum atomic E-state index is 12.7. The second kappa shape index (κ2) is 9.92. The first-order valence-corrected chi connectivity index (χ1v) is 9.73. The number of nitrogens with one attached hydrogen (secondary N) is 1. The van der Waals surface area contributed by atoms with E-state index < -0.39 is 23.7 Å². The van der Waals surface area contributed by atoms with Gasteiger partial charge in [-0.25, -0.2) is 4.98 Å². The molecule has 1 heterocycles. The molecule has 0 aliphatic carbocycles. The Kier molecular flexibility index (Phi) is 7.06. The van der Waals surface area contributed by atoms with Gasteiger partial charge in [0.1, 0.15) is 5.25 Å². The van der Waals surface area contributed by atoms with Gasteiger partial charge in [-0.05, 0) is 29.8 Å². The molecule has 0 bridgehead atoms. The number of anilines is 1. The van der Waals surface area contributed by atoms with Crippen molar-refractivity contribution in [1.29, 1.82) is 0 Å². The van der Waals surface area contributed by atoms with Gasteiger partial charge in [-0.15, -0.1) is 11.8 Å². The van der Waals surface area contributed by atoms with E-state index in [2.05, 4.69) is 10.3 Å². The maximum Gasteiger partial charge on any atom is 0.324 e. The number of benzene rings is 2. The van der Waals surface area contributed by atoms with Crippen LogP contribution >= 0.6 is 23.4 Å². The topological polar surface area (TPSA) is 68.3 Å². The first-order chi connectivity index (χ1) is 13.6. The summed E-state index contributed by atoms with van der Waals surface area (Å²) in [6.45, 7) is -0.414. The molecule has 1 atom stereocenters. The van der Waals surface area contributed by atoms with Gasteiger partial charge in [0.25, 0.3) is 5.91 Å². The van der Waals surface area contributed by atoms with E-state index >= 15 is 0 Å². The highest BCUT2D eigenvalue weighted by Gasteiger charge is 2.24. The molecule has 28 heavy (non-hydrogen) atoms. The van der Waals surface area contributed by atoms with Gasteiger partial charge < -0.3 is 10.1 Å². The van der Waals surface area contributed by atoms with Gasteiger partial charge >= 0.3 is 5.97 Å². The average molecular weight is 413 g/mol. The summed E-state index contributed by atoms with van der Waals surface area (Å²) in [5.41, 5.74) is 1.17. The van der Waals surface area contributed by atoms with Crippen LogP contribution in [0, 0.1) is 0 Å².